The van der Waals surface area contributed by atoms with Gasteiger partial charge < -0.3 is 23.9 Å². The van der Waals surface area contributed by atoms with Gasteiger partial charge in [-0.1, -0.05) is 20.8 Å². The average molecular weight is 430 g/mol. The first-order chi connectivity index (χ1) is 13.3. The molecule has 1 aromatic heterocycles. The number of rotatable bonds is 8. The number of aliphatic hydroxyl groups is 1. The summed E-state index contributed by atoms with van der Waals surface area (Å²) in [4.78, 5) is 27.8. The van der Waals surface area contributed by atoms with Gasteiger partial charge in [0.1, 0.15) is 18.3 Å². The first-order valence-corrected chi connectivity index (χ1v) is 12.8. The molecule has 1 saturated heterocycles. The summed E-state index contributed by atoms with van der Waals surface area (Å²) >= 11 is 0. The smallest absolute Gasteiger partial charge is 0.330 e. The molecule has 1 aromatic rings. The summed E-state index contributed by atoms with van der Waals surface area (Å²) < 4.78 is 19.4. The second-order valence-electron chi connectivity index (χ2n) is 9.29. The van der Waals surface area contributed by atoms with E-state index in [1.807, 2.05) is 19.0 Å². The van der Waals surface area contributed by atoms with Crippen molar-refractivity contribution in [2.75, 3.05) is 33.9 Å². The lowest BCUT2D eigenvalue weighted by molar-refractivity contribution is -0.0684. The molecule has 0 saturated carbocycles. The Kier molecular flexibility index (Phi) is 7.63. The molecule has 1 unspecified atom stereocenters. The number of ether oxygens (including phenoxy) is 2. The highest BCUT2D eigenvalue weighted by Gasteiger charge is 2.50. The second-order valence-corrected chi connectivity index (χ2v) is 14.1. The summed E-state index contributed by atoms with van der Waals surface area (Å²) in [6, 6.07) is 1.22. The normalized spacial score (nSPS) is 25.7. The van der Waals surface area contributed by atoms with E-state index in [9.17, 15) is 14.7 Å². The van der Waals surface area contributed by atoms with Gasteiger partial charge in [-0.05, 0) is 32.2 Å². The van der Waals surface area contributed by atoms with Crippen molar-refractivity contribution in [2.24, 2.45) is 0 Å². The number of nitrogens with zero attached hydrogens (tertiary/aromatic N) is 2. The van der Waals surface area contributed by atoms with Gasteiger partial charge in [-0.3, -0.25) is 14.3 Å². The Morgan fingerprint density at radius 3 is 2.52 bits per heavy atom. The lowest BCUT2D eigenvalue weighted by atomic mass is 10.1. The maximum absolute atomic E-state index is 12.2. The fourth-order valence-corrected chi connectivity index (χ4v) is 4.15. The predicted octanol–water partition coefficient (Wildman–Crippen LogP) is 0.764. The van der Waals surface area contributed by atoms with Crippen molar-refractivity contribution in [1.82, 2.24) is 14.5 Å². The molecule has 4 atom stereocenters. The second kappa shape index (κ2) is 9.23. The first kappa shape index (κ1) is 24.0. The molecule has 1 aliphatic rings. The van der Waals surface area contributed by atoms with Gasteiger partial charge in [-0.2, -0.15) is 0 Å². The molecular weight excluding hydrogens is 394 g/mol. The van der Waals surface area contributed by atoms with Gasteiger partial charge in [-0.25, -0.2) is 4.79 Å². The van der Waals surface area contributed by atoms with E-state index in [0.717, 1.165) is 6.54 Å². The predicted molar refractivity (Wildman–Crippen MR) is 113 cm³/mol. The van der Waals surface area contributed by atoms with Crippen LogP contribution in [0.5, 0.6) is 0 Å². The number of hydrogen-bond donors (Lipinski definition) is 2. The van der Waals surface area contributed by atoms with E-state index >= 15 is 0 Å². The maximum atomic E-state index is 12.2. The number of aliphatic hydroxyl groups excluding tert-OH is 1. The van der Waals surface area contributed by atoms with Gasteiger partial charge in [0, 0.05) is 18.8 Å². The van der Waals surface area contributed by atoms with Crippen molar-refractivity contribution in [3.05, 3.63) is 33.1 Å². The van der Waals surface area contributed by atoms with Gasteiger partial charge >= 0.3 is 5.69 Å². The van der Waals surface area contributed by atoms with Crippen molar-refractivity contribution in [1.29, 1.82) is 0 Å². The topological polar surface area (TPSA) is 106 Å². The summed E-state index contributed by atoms with van der Waals surface area (Å²) in [6.45, 7) is 12.1. The molecule has 166 valence electrons. The molecule has 0 spiro atoms. The first-order valence-electron chi connectivity index (χ1n) is 9.89. The number of nitrogens with one attached hydrogen (secondary N) is 1. The summed E-state index contributed by atoms with van der Waals surface area (Å²) in [5.41, 5.74) is -1.14. The van der Waals surface area contributed by atoms with Crippen LogP contribution in [0.25, 0.3) is 0 Å². The summed E-state index contributed by atoms with van der Waals surface area (Å²) in [5.74, 6) is 0. The molecule has 2 N–H and O–H groups in total. The van der Waals surface area contributed by atoms with Crippen LogP contribution in [0.2, 0.25) is 18.1 Å². The van der Waals surface area contributed by atoms with Gasteiger partial charge in [0.05, 0.1) is 13.2 Å². The number of H-pyrrole nitrogens is 1. The van der Waals surface area contributed by atoms with Crippen LogP contribution in [0.4, 0.5) is 0 Å². The largest absolute Gasteiger partial charge is 0.408 e. The fourth-order valence-electron chi connectivity index (χ4n) is 2.82. The van der Waals surface area contributed by atoms with Crippen molar-refractivity contribution < 1.29 is 19.0 Å². The standard InChI is InChI=1S/C19H35N3O6Si/c1-19(2,3)29(6,7)28-16-13(12-26-11-10-21(4)5)27-17(15(16)24)22-9-8-14(23)20-18(22)25/h8-9,13,15-17,24H,10-12H2,1-7H3,(H,20,23,25)/t13-,15?,16+,17-/m1/s1. The Bertz CT molecular complexity index is 785. The van der Waals surface area contributed by atoms with E-state index in [4.69, 9.17) is 13.9 Å². The third-order valence-corrected chi connectivity index (χ3v) is 10.1. The zero-order valence-corrected chi connectivity index (χ0v) is 19.5. The molecule has 29 heavy (non-hydrogen) atoms. The Balaban J connectivity index is 2.25. The quantitative estimate of drug-likeness (QED) is 0.464. The van der Waals surface area contributed by atoms with Crippen LogP contribution in [-0.2, 0) is 13.9 Å². The molecule has 0 radical (unpaired) electrons. The Hall–Kier alpha value is -1.30. The number of aromatic amines is 1. The molecule has 9 nitrogen and oxygen atoms in total. The van der Waals surface area contributed by atoms with Gasteiger partial charge in [0.2, 0.25) is 0 Å². The lowest BCUT2D eigenvalue weighted by Crippen LogP contribution is -2.50. The summed E-state index contributed by atoms with van der Waals surface area (Å²) in [5, 5.41) is 10.9. The van der Waals surface area contributed by atoms with Crippen molar-refractivity contribution in [2.45, 2.75) is 63.4 Å². The molecule has 1 fully saturated rings. The van der Waals surface area contributed by atoms with E-state index in [1.54, 1.807) is 0 Å². The van der Waals surface area contributed by atoms with E-state index in [0.29, 0.717) is 6.61 Å². The number of aromatic nitrogens is 2. The zero-order chi connectivity index (χ0) is 22.0. The van der Waals surface area contributed by atoms with E-state index in [-0.39, 0.29) is 11.6 Å². The molecule has 0 bridgehead atoms. The van der Waals surface area contributed by atoms with Crippen LogP contribution in [0.3, 0.4) is 0 Å². The van der Waals surface area contributed by atoms with E-state index < -0.39 is 44.1 Å². The molecule has 2 rings (SSSR count). The minimum atomic E-state index is -2.22. The number of likely N-dealkylation sites (N-methyl/N-ethyl adjacent to an activating group) is 1. The molecule has 1 aliphatic heterocycles. The minimum Gasteiger partial charge on any atom is -0.408 e. The number of hydrogen-bond acceptors (Lipinski definition) is 7. The molecule has 10 heteroatoms. The minimum absolute atomic E-state index is 0.0596. The molecule has 2 heterocycles. The SMILES string of the molecule is CN(C)CCOC[C@H]1O[C@@H](n2ccc(=O)[nH]c2=O)C(O)[C@H]1O[Si](C)(C)C(C)(C)C. The Labute approximate surface area is 172 Å². The van der Waals surface area contributed by atoms with Crippen LogP contribution in [0.15, 0.2) is 21.9 Å². The third kappa shape index (κ3) is 5.86. The third-order valence-electron chi connectivity index (χ3n) is 5.64. The Morgan fingerprint density at radius 1 is 1.31 bits per heavy atom. The average Bonchev–Trinajstić information content (AvgIpc) is 2.86. The maximum Gasteiger partial charge on any atom is 0.330 e. The van der Waals surface area contributed by atoms with Crippen molar-refractivity contribution >= 4 is 8.32 Å². The highest BCUT2D eigenvalue weighted by Crippen LogP contribution is 2.41. The van der Waals surface area contributed by atoms with Crippen LogP contribution in [0, 0.1) is 0 Å². The molecular formula is C19H35N3O6Si. The highest BCUT2D eigenvalue weighted by atomic mass is 28.4. The summed E-state index contributed by atoms with van der Waals surface area (Å²) in [7, 11) is 1.70. The van der Waals surface area contributed by atoms with Gasteiger partial charge in [0.15, 0.2) is 14.5 Å². The van der Waals surface area contributed by atoms with Crippen LogP contribution in [-0.4, -0.2) is 80.0 Å². The fraction of sp³-hybridized carbons (Fsp3) is 0.789. The summed E-state index contributed by atoms with van der Waals surface area (Å²) in [6.07, 6.45) is -1.88. The van der Waals surface area contributed by atoms with Crippen LogP contribution < -0.4 is 11.2 Å². The van der Waals surface area contributed by atoms with E-state index in [1.165, 1.54) is 16.8 Å². The zero-order valence-electron chi connectivity index (χ0n) is 18.5. The molecule has 0 aliphatic carbocycles. The van der Waals surface area contributed by atoms with Crippen LogP contribution >= 0.6 is 0 Å². The Morgan fingerprint density at radius 2 is 1.97 bits per heavy atom. The highest BCUT2D eigenvalue weighted by molar-refractivity contribution is 6.74. The lowest BCUT2D eigenvalue weighted by Gasteiger charge is -2.40. The van der Waals surface area contributed by atoms with Crippen LogP contribution in [0.1, 0.15) is 27.0 Å². The van der Waals surface area contributed by atoms with Gasteiger partial charge in [0.25, 0.3) is 5.56 Å². The molecule has 0 amide bonds. The van der Waals surface area contributed by atoms with Gasteiger partial charge in [-0.15, -0.1) is 0 Å². The monoisotopic (exact) mass is 429 g/mol. The van der Waals surface area contributed by atoms with E-state index in [2.05, 4.69) is 38.8 Å². The van der Waals surface area contributed by atoms with Crippen molar-refractivity contribution in [3.63, 3.8) is 0 Å². The molecule has 0 aromatic carbocycles. The van der Waals surface area contributed by atoms with Crippen molar-refractivity contribution in [3.8, 4) is 0 Å².